The summed E-state index contributed by atoms with van der Waals surface area (Å²) in [7, 11) is 0. The zero-order valence-corrected chi connectivity index (χ0v) is 10.6. The highest BCUT2D eigenvalue weighted by Gasteiger charge is 2.09. The van der Waals surface area contributed by atoms with E-state index in [1.54, 1.807) is 6.20 Å². The van der Waals surface area contributed by atoms with Crippen LogP contribution in [0.25, 0.3) is 22.0 Å². The second kappa shape index (κ2) is 4.65. The number of nitrogens with zero attached hydrogens (tertiary/aromatic N) is 1. The minimum absolute atomic E-state index is 0.675. The van der Waals surface area contributed by atoms with Crippen LogP contribution in [0.5, 0.6) is 0 Å². The number of hydrogen-bond donors (Lipinski definition) is 0. The van der Waals surface area contributed by atoms with Crippen molar-refractivity contribution in [1.82, 2.24) is 4.98 Å². The van der Waals surface area contributed by atoms with Gasteiger partial charge in [-0.3, -0.25) is 9.78 Å². The number of aldehydes is 1. The van der Waals surface area contributed by atoms with Crippen molar-refractivity contribution in [3.63, 3.8) is 0 Å². The number of hydrogen-bond acceptors (Lipinski definition) is 2. The first-order valence-electron chi connectivity index (χ1n) is 6.19. The van der Waals surface area contributed by atoms with Gasteiger partial charge in [0.1, 0.15) is 0 Å². The summed E-state index contributed by atoms with van der Waals surface area (Å²) in [4.78, 5) is 15.7. The highest BCUT2D eigenvalue weighted by atomic mass is 16.1. The van der Waals surface area contributed by atoms with Crippen molar-refractivity contribution in [2.75, 3.05) is 0 Å². The molecule has 92 valence electrons. The molecular formula is C17H13NO. The molecule has 0 saturated heterocycles. The summed E-state index contributed by atoms with van der Waals surface area (Å²) in [5, 5.41) is 2.20. The van der Waals surface area contributed by atoms with Gasteiger partial charge in [0.2, 0.25) is 0 Å². The molecule has 3 rings (SSSR count). The van der Waals surface area contributed by atoms with E-state index in [2.05, 4.69) is 11.1 Å². The maximum atomic E-state index is 11.2. The molecule has 0 unspecified atom stereocenters. The van der Waals surface area contributed by atoms with Gasteiger partial charge in [-0.15, -0.1) is 0 Å². The van der Waals surface area contributed by atoms with Crippen LogP contribution in [0.1, 0.15) is 15.9 Å². The van der Waals surface area contributed by atoms with Gasteiger partial charge in [-0.1, -0.05) is 42.0 Å². The van der Waals surface area contributed by atoms with Crippen LogP contribution in [-0.2, 0) is 0 Å². The monoisotopic (exact) mass is 247 g/mol. The molecule has 3 aromatic rings. The van der Waals surface area contributed by atoms with E-state index in [0.29, 0.717) is 5.56 Å². The normalized spacial score (nSPS) is 10.6. The van der Waals surface area contributed by atoms with Crippen LogP contribution in [0.4, 0.5) is 0 Å². The zero-order valence-electron chi connectivity index (χ0n) is 10.6. The number of carbonyl (C=O) groups is 1. The average molecular weight is 247 g/mol. The van der Waals surface area contributed by atoms with Gasteiger partial charge >= 0.3 is 0 Å². The van der Waals surface area contributed by atoms with Gasteiger partial charge in [-0.05, 0) is 24.4 Å². The fourth-order valence-electron chi connectivity index (χ4n) is 2.31. The molecule has 0 saturated carbocycles. The van der Waals surface area contributed by atoms with Crippen LogP contribution in [0, 0.1) is 6.92 Å². The van der Waals surface area contributed by atoms with Crippen LogP contribution >= 0.6 is 0 Å². The van der Waals surface area contributed by atoms with E-state index >= 15 is 0 Å². The minimum atomic E-state index is 0.675. The van der Waals surface area contributed by atoms with Crippen molar-refractivity contribution < 1.29 is 4.79 Å². The largest absolute Gasteiger partial charge is 0.298 e. The third kappa shape index (κ3) is 2.02. The SMILES string of the molecule is Cc1ccc(C=O)c(-c2nccc3ccccc23)c1. The lowest BCUT2D eigenvalue weighted by molar-refractivity contribution is 0.112. The second-order valence-corrected chi connectivity index (χ2v) is 4.59. The van der Waals surface area contributed by atoms with E-state index in [9.17, 15) is 4.79 Å². The first-order valence-corrected chi connectivity index (χ1v) is 6.19. The molecule has 0 aliphatic heterocycles. The smallest absolute Gasteiger partial charge is 0.150 e. The Morgan fingerprint density at radius 2 is 1.89 bits per heavy atom. The van der Waals surface area contributed by atoms with Crippen LogP contribution in [0.2, 0.25) is 0 Å². The van der Waals surface area contributed by atoms with Crippen LogP contribution in [0.3, 0.4) is 0 Å². The first-order chi connectivity index (χ1) is 9.29. The highest BCUT2D eigenvalue weighted by Crippen LogP contribution is 2.29. The van der Waals surface area contributed by atoms with E-state index in [-0.39, 0.29) is 0 Å². The Kier molecular flexibility index (Phi) is 2.84. The van der Waals surface area contributed by atoms with Crippen molar-refractivity contribution in [2.45, 2.75) is 6.92 Å². The van der Waals surface area contributed by atoms with Gasteiger partial charge in [0.25, 0.3) is 0 Å². The van der Waals surface area contributed by atoms with E-state index < -0.39 is 0 Å². The predicted octanol–water partition coefficient (Wildman–Crippen LogP) is 4.02. The van der Waals surface area contributed by atoms with Crippen LogP contribution < -0.4 is 0 Å². The molecule has 0 bridgehead atoms. The Hall–Kier alpha value is -2.48. The van der Waals surface area contributed by atoms with Crippen molar-refractivity contribution in [1.29, 1.82) is 0 Å². The molecule has 0 amide bonds. The number of aryl methyl sites for hydroxylation is 1. The number of pyridine rings is 1. The third-order valence-electron chi connectivity index (χ3n) is 3.26. The van der Waals surface area contributed by atoms with Crippen molar-refractivity contribution in [3.8, 4) is 11.3 Å². The maximum absolute atomic E-state index is 11.2. The lowest BCUT2D eigenvalue weighted by Gasteiger charge is -2.09. The van der Waals surface area contributed by atoms with Gasteiger partial charge in [0.15, 0.2) is 6.29 Å². The van der Waals surface area contributed by atoms with E-state index in [1.165, 1.54) is 0 Å². The summed E-state index contributed by atoms with van der Waals surface area (Å²) < 4.78 is 0. The van der Waals surface area contributed by atoms with E-state index in [4.69, 9.17) is 0 Å². The first kappa shape index (κ1) is 11.6. The summed E-state index contributed by atoms with van der Waals surface area (Å²) in [6, 6.07) is 15.9. The molecule has 0 N–H and O–H groups in total. The van der Waals surface area contributed by atoms with E-state index in [0.717, 1.165) is 33.9 Å². The Morgan fingerprint density at radius 3 is 2.74 bits per heavy atom. The number of benzene rings is 2. The molecule has 2 aromatic carbocycles. The molecule has 0 spiro atoms. The lowest BCUT2D eigenvalue weighted by Crippen LogP contribution is -1.92. The number of fused-ring (bicyclic) bond motifs is 1. The molecule has 0 atom stereocenters. The van der Waals surface area contributed by atoms with Crippen molar-refractivity contribution >= 4 is 17.1 Å². The fraction of sp³-hybridized carbons (Fsp3) is 0.0588. The predicted molar refractivity (Wildman–Crippen MR) is 77.3 cm³/mol. The maximum Gasteiger partial charge on any atom is 0.150 e. The fourth-order valence-corrected chi connectivity index (χ4v) is 2.31. The Labute approximate surface area is 111 Å². The summed E-state index contributed by atoms with van der Waals surface area (Å²) in [5.74, 6) is 0. The highest BCUT2D eigenvalue weighted by molar-refractivity contribution is 5.98. The summed E-state index contributed by atoms with van der Waals surface area (Å²) in [6.07, 6.45) is 2.67. The molecule has 0 radical (unpaired) electrons. The van der Waals surface area contributed by atoms with E-state index in [1.807, 2.05) is 49.4 Å². The summed E-state index contributed by atoms with van der Waals surface area (Å²) >= 11 is 0. The molecule has 0 fully saturated rings. The summed E-state index contributed by atoms with van der Waals surface area (Å²) in [6.45, 7) is 2.02. The van der Waals surface area contributed by atoms with Crippen LogP contribution in [-0.4, -0.2) is 11.3 Å². The Morgan fingerprint density at radius 1 is 1.05 bits per heavy atom. The van der Waals surface area contributed by atoms with Gasteiger partial charge in [0.05, 0.1) is 5.69 Å². The summed E-state index contributed by atoms with van der Waals surface area (Å²) in [5.41, 5.74) is 3.56. The molecule has 1 heterocycles. The van der Waals surface area contributed by atoms with Gasteiger partial charge < -0.3 is 0 Å². The van der Waals surface area contributed by atoms with Crippen LogP contribution in [0.15, 0.2) is 54.7 Å². The Bertz CT molecular complexity index is 757. The standard InChI is InChI=1S/C17H13NO/c1-12-6-7-14(11-19)16(10-12)17-15-5-3-2-4-13(15)8-9-18-17/h2-11H,1H3. The molecular weight excluding hydrogens is 234 g/mol. The molecule has 0 aliphatic carbocycles. The molecule has 19 heavy (non-hydrogen) atoms. The molecule has 0 aliphatic rings. The zero-order chi connectivity index (χ0) is 13.2. The quantitative estimate of drug-likeness (QED) is 0.640. The Balaban J connectivity index is 2.36. The number of carbonyl (C=O) groups excluding carboxylic acids is 1. The number of aromatic nitrogens is 1. The van der Waals surface area contributed by atoms with Crippen molar-refractivity contribution in [3.05, 3.63) is 65.9 Å². The molecule has 2 heteroatoms. The van der Waals surface area contributed by atoms with Gasteiger partial charge in [0, 0.05) is 22.7 Å². The average Bonchev–Trinajstić information content (AvgIpc) is 2.46. The molecule has 2 nitrogen and oxygen atoms in total. The lowest BCUT2D eigenvalue weighted by atomic mass is 9.98. The van der Waals surface area contributed by atoms with Crippen molar-refractivity contribution in [2.24, 2.45) is 0 Å². The third-order valence-corrected chi connectivity index (χ3v) is 3.26. The second-order valence-electron chi connectivity index (χ2n) is 4.59. The minimum Gasteiger partial charge on any atom is -0.298 e. The number of rotatable bonds is 2. The molecule has 1 aromatic heterocycles. The van der Waals surface area contributed by atoms with Gasteiger partial charge in [-0.25, -0.2) is 0 Å². The van der Waals surface area contributed by atoms with Gasteiger partial charge in [-0.2, -0.15) is 0 Å². The topological polar surface area (TPSA) is 30.0 Å².